The fraction of sp³-hybridized carbons (Fsp3) is 0.471. The topological polar surface area (TPSA) is 75.5 Å². The SMILES string of the molecule is COc1ccc(-n2cnnc2)cc1NC(=O)CN1CCCN(C)CC1. The van der Waals surface area contributed by atoms with Crippen molar-refractivity contribution in [1.82, 2.24) is 24.6 Å². The number of hydrogen-bond donors (Lipinski definition) is 1. The molecule has 2 heterocycles. The monoisotopic (exact) mass is 344 g/mol. The molecule has 1 aliphatic heterocycles. The summed E-state index contributed by atoms with van der Waals surface area (Å²) in [5.41, 5.74) is 1.50. The van der Waals surface area contributed by atoms with Crippen molar-refractivity contribution in [1.29, 1.82) is 0 Å². The molecule has 2 aromatic rings. The van der Waals surface area contributed by atoms with E-state index in [9.17, 15) is 4.79 Å². The minimum absolute atomic E-state index is 0.0382. The fourth-order valence-electron chi connectivity index (χ4n) is 2.94. The second-order valence-corrected chi connectivity index (χ2v) is 6.23. The zero-order valence-corrected chi connectivity index (χ0v) is 14.7. The predicted molar refractivity (Wildman–Crippen MR) is 95.1 cm³/mol. The first-order valence-electron chi connectivity index (χ1n) is 8.39. The number of anilines is 1. The number of benzene rings is 1. The van der Waals surface area contributed by atoms with Crippen LogP contribution in [0.3, 0.4) is 0 Å². The third-order valence-corrected chi connectivity index (χ3v) is 4.35. The van der Waals surface area contributed by atoms with Gasteiger partial charge in [-0.05, 0) is 44.8 Å². The number of carbonyl (C=O) groups excluding carboxylic acids is 1. The maximum Gasteiger partial charge on any atom is 0.238 e. The molecule has 0 bridgehead atoms. The van der Waals surface area contributed by atoms with Crippen LogP contribution in [-0.2, 0) is 4.79 Å². The van der Waals surface area contributed by atoms with Crippen molar-refractivity contribution >= 4 is 11.6 Å². The van der Waals surface area contributed by atoms with Gasteiger partial charge in [-0.15, -0.1) is 10.2 Å². The summed E-state index contributed by atoms with van der Waals surface area (Å²) in [6.45, 7) is 4.29. The molecule has 0 spiro atoms. The number of methoxy groups -OCH3 is 1. The van der Waals surface area contributed by atoms with Crippen LogP contribution in [0.15, 0.2) is 30.9 Å². The number of carbonyl (C=O) groups is 1. The third kappa shape index (κ3) is 4.55. The summed E-state index contributed by atoms with van der Waals surface area (Å²) in [5.74, 6) is 0.588. The standard InChI is InChI=1S/C17H24N6O2/c1-21-6-3-7-22(9-8-21)11-17(24)20-15-10-14(4-5-16(15)25-2)23-12-18-19-13-23/h4-5,10,12-13H,3,6-9,11H2,1-2H3,(H,20,24). The van der Waals surface area contributed by atoms with Gasteiger partial charge in [-0.25, -0.2) is 0 Å². The van der Waals surface area contributed by atoms with Crippen LogP contribution in [-0.4, -0.2) is 77.4 Å². The fourth-order valence-corrected chi connectivity index (χ4v) is 2.94. The maximum atomic E-state index is 12.5. The van der Waals surface area contributed by atoms with Gasteiger partial charge in [-0.1, -0.05) is 0 Å². The van der Waals surface area contributed by atoms with Crippen LogP contribution in [0, 0.1) is 0 Å². The molecular weight excluding hydrogens is 320 g/mol. The number of amides is 1. The van der Waals surface area contributed by atoms with Gasteiger partial charge in [0.05, 0.1) is 25.0 Å². The van der Waals surface area contributed by atoms with Crippen LogP contribution in [0.5, 0.6) is 5.75 Å². The molecule has 1 aromatic carbocycles. The molecular formula is C17H24N6O2. The molecule has 134 valence electrons. The van der Waals surface area contributed by atoms with E-state index in [-0.39, 0.29) is 5.91 Å². The Morgan fingerprint density at radius 2 is 2.00 bits per heavy atom. The highest BCUT2D eigenvalue weighted by Crippen LogP contribution is 2.27. The number of aromatic nitrogens is 3. The quantitative estimate of drug-likeness (QED) is 0.867. The summed E-state index contributed by atoms with van der Waals surface area (Å²) in [7, 11) is 3.71. The molecule has 0 saturated carbocycles. The van der Waals surface area contributed by atoms with Gasteiger partial charge in [0, 0.05) is 13.1 Å². The van der Waals surface area contributed by atoms with Crippen LogP contribution >= 0.6 is 0 Å². The lowest BCUT2D eigenvalue weighted by molar-refractivity contribution is -0.117. The van der Waals surface area contributed by atoms with Crippen LogP contribution < -0.4 is 10.1 Å². The van der Waals surface area contributed by atoms with Crippen molar-refractivity contribution in [3.8, 4) is 11.4 Å². The smallest absolute Gasteiger partial charge is 0.238 e. The maximum absolute atomic E-state index is 12.5. The molecule has 0 unspecified atom stereocenters. The molecule has 1 aromatic heterocycles. The first-order chi connectivity index (χ1) is 12.2. The average Bonchev–Trinajstić information content (AvgIpc) is 3.06. The first-order valence-corrected chi connectivity index (χ1v) is 8.39. The Balaban J connectivity index is 1.68. The van der Waals surface area contributed by atoms with E-state index in [1.54, 1.807) is 24.3 Å². The number of rotatable bonds is 5. The van der Waals surface area contributed by atoms with E-state index in [1.165, 1.54) is 0 Å². The van der Waals surface area contributed by atoms with E-state index in [0.717, 1.165) is 38.3 Å². The largest absolute Gasteiger partial charge is 0.495 e. The normalized spacial score (nSPS) is 16.4. The van der Waals surface area contributed by atoms with Crippen LogP contribution in [0.1, 0.15) is 6.42 Å². The van der Waals surface area contributed by atoms with E-state index in [1.807, 2.05) is 18.2 Å². The van der Waals surface area contributed by atoms with E-state index in [0.29, 0.717) is 18.0 Å². The first kappa shape index (κ1) is 17.4. The number of nitrogens with one attached hydrogen (secondary N) is 1. The summed E-state index contributed by atoms with van der Waals surface area (Å²) in [4.78, 5) is 17.0. The van der Waals surface area contributed by atoms with Gasteiger partial charge in [-0.3, -0.25) is 14.3 Å². The van der Waals surface area contributed by atoms with Gasteiger partial charge in [0.1, 0.15) is 18.4 Å². The van der Waals surface area contributed by atoms with Gasteiger partial charge in [0.25, 0.3) is 0 Å². The van der Waals surface area contributed by atoms with Gasteiger partial charge in [0.15, 0.2) is 0 Å². The Labute approximate surface area is 147 Å². The molecule has 8 nitrogen and oxygen atoms in total. The lowest BCUT2D eigenvalue weighted by atomic mass is 10.2. The summed E-state index contributed by atoms with van der Waals surface area (Å²) in [6, 6.07) is 5.57. The van der Waals surface area contributed by atoms with Gasteiger partial charge in [-0.2, -0.15) is 0 Å². The number of ether oxygens (including phenoxy) is 1. The van der Waals surface area contributed by atoms with Crippen molar-refractivity contribution in [3.63, 3.8) is 0 Å². The molecule has 0 aliphatic carbocycles. The Hall–Kier alpha value is -2.45. The van der Waals surface area contributed by atoms with Crippen LogP contribution in [0.4, 0.5) is 5.69 Å². The Kier molecular flexibility index (Phi) is 5.62. The molecule has 0 atom stereocenters. The second-order valence-electron chi connectivity index (χ2n) is 6.23. The van der Waals surface area contributed by atoms with Crippen molar-refractivity contribution in [2.75, 3.05) is 52.2 Å². The summed E-state index contributed by atoms with van der Waals surface area (Å²) >= 11 is 0. The van der Waals surface area contributed by atoms with Crippen molar-refractivity contribution in [2.45, 2.75) is 6.42 Å². The van der Waals surface area contributed by atoms with Crippen molar-refractivity contribution in [2.24, 2.45) is 0 Å². The summed E-state index contributed by atoms with van der Waals surface area (Å²) in [6.07, 6.45) is 4.30. The second kappa shape index (κ2) is 8.09. The number of hydrogen-bond acceptors (Lipinski definition) is 6. The van der Waals surface area contributed by atoms with Crippen LogP contribution in [0.2, 0.25) is 0 Å². The summed E-state index contributed by atoms with van der Waals surface area (Å²) < 4.78 is 7.14. The number of nitrogens with zero attached hydrogens (tertiary/aromatic N) is 5. The predicted octanol–water partition coefficient (Wildman–Crippen LogP) is 0.852. The molecule has 3 rings (SSSR count). The molecule has 1 amide bonds. The average molecular weight is 344 g/mol. The minimum atomic E-state index is -0.0382. The molecule has 25 heavy (non-hydrogen) atoms. The van der Waals surface area contributed by atoms with E-state index < -0.39 is 0 Å². The highest BCUT2D eigenvalue weighted by Gasteiger charge is 2.16. The highest BCUT2D eigenvalue weighted by atomic mass is 16.5. The molecule has 1 aliphatic rings. The summed E-state index contributed by atoms with van der Waals surface area (Å²) in [5, 5.41) is 10.6. The van der Waals surface area contributed by atoms with Gasteiger partial charge >= 0.3 is 0 Å². The Morgan fingerprint density at radius 3 is 2.76 bits per heavy atom. The zero-order chi connectivity index (χ0) is 17.6. The molecule has 0 radical (unpaired) electrons. The van der Waals surface area contributed by atoms with Crippen LogP contribution in [0.25, 0.3) is 5.69 Å². The van der Waals surface area contributed by atoms with Crippen molar-refractivity contribution < 1.29 is 9.53 Å². The minimum Gasteiger partial charge on any atom is -0.495 e. The Bertz CT molecular complexity index is 703. The third-order valence-electron chi connectivity index (χ3n) is 4.35. The van der Waals surface area contributed by atoms with E-state index in [4.69, 9.17) is 4.74 Å². The Morgan fingerprint density at radius 1 is 1.20 bits per heavy atom. The van der Waals surface area contributed by atoms with Gasteiger partial charge < -0.3 is 15.0 Å². The lowest BCUT2D eigenvalue weighted by Crippen LogP contribution is -2.36. The lowest BCUT2D eigenvalue weighted by Gasteiger charge is -2.20. The van der Waals surface area contributed by atoms with Gasteiger partial charge in [0.2, 0.25) is 5.91 Å². The molecule has 8 heteroatoms. The molecule has 1 fully saturated rings. The molecule has 1 saturated heterocycles. The van der Waals surface area contributed by atoms with Crippen molar-refractivity contribution in [3.05, 3.63) is 30.9 Å². The van der Waals surface area contributed by atoms with E-state index >= 15 is 0 Å². The zero-order valence-electron chi connectivity index (χ0n) is 14.7. The van der Waals surface area contributed by atoms with E-state index in [2.05, 4.69) is 32.4 Å². The highest BCUT2D eigenvalue weighted by molar-refractivity contribution is 5.94. The number of likely N-dealkylation sites (N-methyl/N-ethyl adjacent to an activating group) is 1. The molecule has 1 N–H and O–H groups in total.